The third-order valence-electron chi connectivity index (χ3n) is 7.64. The molecular formula is C35H9F6N7. The van der Waals surface area contributed by atoms with Gasteiger partial charge < -0.3 is 0 Å². The highest BCUT2D eigenvalue weighted by atomic mass is 19.4. The summed E-state index contributed by atoms with van der Waals surface area (Å²) in [5, 5.41) is 69.3. The molecule has 0 atom stereocenters. The molecule has 0 saturated carbocycles. The molecule has 2 aliphatic rings. The molecule has 0 unspecified atom stereocenters. The Balaban J connectivity index is 1.89. The van der Waals surface area contributed by atoms with Crippen molar-refractivity contribution in [3.05, 3.63) is 116 Å². The van der Waals surface area contributed by atoms with E-state index in [1.165, 1.54) is 18.2 Å². The molecule has 13 heteroatoms. The van der Waals surface area contributed by atoms with Gasteiger partial charge in [-0.1, -0.05) is 18.2 Å². The normalized spacial score (nSPS) is 13.2. The molecule has 48 heavy (non-hydrogen) atoms. The van der Waals surface area contributed by atoms with E-state index in [1.54, 1.807) is 24.3 Å². The largest absolute Gasteiger partial charge is 0.417 e. The quantitative estimate of drug-likeness (QED) is 0.201. The van der Waals surface area contributed by atoms with Crippen LogP contribution >= 0.6 is 0 Å². The van der Waals surface area contributed by atoms with Crippen molar-refractivity contribution >= 4 is 33.4 Å². The second-order valence-electron chi connectivity index (χ2n) is 10.1. The number of hydrogen-bond donors (Lipinski definition) is 0. The van der Waals surface area contributed by atoms with Crippen LogP contribution in [0.4, 0.5) is 26.3 Å². The van der Waals surface area contributed by atoms with Crippen LogP contribution in [0.3, 0.4) is 0 Å². The van der Waals surface area contributed by atoms with E-state index in [9.17, 15) is 63.2 Å². The molecule has 226 valence electrons. The number of hydrogen-bond acceptors (Lipinski definition) is 7. The topological polar surface area (TPSA) is 167 Å². The molecule has 0 radical (unpaired) electrons. The van der Waals surface area contributed by atoms with Crippen LogP contribution in [0.2, 0.25) is 0 Å². The first-order chi connectivity index (χ1) is 22.8. The van der Waals surface area contributed by atoms with E-state index < -0.39 is 40.2 Å². The molecule has 0 heterocycles. The van der Waals surface area contributed by atoms with E-state index in [2.05, 4.69) is 0 Å². The van der Waals surface area contributed by atoms with E-state index in [1.807, 2.05) is 12.1 Å². The van der Waals surface area contributed by atoms with E-state index in [-0.39, 0.29) is 66.8 Å². The summed E-state index contributed by atoms with van der Waals surface area (Å²) >= 11 is 0. The summed E-state index contributed by atoms with van der Waals surface area (Å²) in [5.41, 5.74) is -5.67. The van der Waals surface area contributed by atoms with Gasteiger partial charge in [-0.2, -0.15) is 63.2 Å². The van der Waals surface area contributed by atoms with Crippen LogP contribution in [0.25, 0.3) is 33.4 Å². The van der Waals surface area contributed by atoms with Crippen molar-refractivity contribution in [3.8, 4) is 42.5 Å². The molecule has 0 aliphatic heterocycles. The molecule has 0 bridgehead atoms. The Bertz CT molecular complexity index is 2390. The summed E-state index contributed by atoms with van der Waals surface area (Å²) in [6.45, 7) is 0. The first-order valence-corrected chi connectivity index (χ1v) is 13.2. The zero-order chi connectivity index (χ0) is 35.1. The van der Waals surface area contributed by atoms with Crippen molar-refractivity contribution in [1.29, 1.82) is 36.8 Å². The summed E-state index contributed by atoms with van der Waals surface area (Å²) in [6, 6.07) is 20.8. The summed E-state index contributed by atoms with van der Waals surface area (Å²) in [4.78, 5) is 0. The lowest BCUT2D eigenvalue weighted by Gasteiger charge is -2.13. The van der Waals surface area contributed by atoms with Crippen LogP contribution in [-0.4, -0.2) is 0 Å². The number of allylic oxidation sites excluding steroid dienone is 8. The van der Waals surface area contributed by atoms with Crippen LogP contribution in [0.1, 0.15) is 50.1 Å². The Hall–Kier alpha value is -7.37. The van der Waals surface area contributed by atoms with Gasteiger partial charge in [0, 0.05) is 33.4 Å². The summed E-state index contributed by atoms with van der Waals surface area (Å²) < 4.78 is 81.6. The Morgan fingerprint density at radius 2 is 0.917 bits per heavy atom. The lowest BCUT2D eigenvalue weighted by molar-refractivity contribution is -0.138. The number of halogens is 6. The molecule has 3 aromatic carbocycles. The van der Waals surface area contributed by atoms with E-state index in [0.717, 1.165) is 36.4 Å². The van der Waals surface area contributed by atoms with E-state index in [0.29, 0.717) is 6.07 Å². The molecule has 0 fully saturated rings. The maximum Gasteiger partial charge on any atom is 0.417 e. The number of nitrogens with zero attached hydrogens (tertiary/aromatic N) is 7. The first kappa shape index (κ1) is 32.0. The molecule has 0 saturated heterocycles. The average Bonchev–Trinajstić information content (AvgIpc) is 3.55. The molecule has 0 N–H and O–H groups in total. The first-order valence-electron chi connectivity index (χ1n) is 13.2. The van der Waals surface area contributed by atoms with Crippen LogP contribution < -0.4 is 0 Å². The van der Waals surface area contributed by atoms with Gasteiger partial charge in [0.2, 0.25) is 0 Å². The molecule has 7 nitrogen and oxygen atoms in total. The van der Waals surface area contributed by atoms with Gasteiger partial charge in [0.1, 0.15) is 47.6 Å². The van der Waals surface area contributed by atoms with Gasteiger partial charge in [-0.3, -0.25) is 0 Å². The monoisotopic (exact) mass is 641 g/mol. The minimum Gasteiger partial charge on any atom is -0.192 e. The van der Waals surface area contributed by atoms with Gasteiger partial charge in [-0.25, -0.2) is 0 Å². The number of nitriles is 7. The van der Waals surface area contributed by atoms with Gasteiger partial charge in [0.25, 0.3) is 0 Å². The average molecular weight is 641 g/mol. The summed E-state index contributed by atoms with van der Waals surface area (Å²) in [6.07, 6.45) is -9.69. The minimum absolute atomic E-state index is 0.0197. The zero-order valence-electron chi connectivity index (χ0n) is 23.6. The Morgan fingerprint density at radius 1 is 0.479 bits per heavy atom. The van der Waals surface area contributed by atoms with E-state index in [4.69, 9.17) is 0 Å². The SMILES string of the molecule is N#CC(C#N)=C1C(c2ccc(C(F)(F)F)cc2)=C(C#N)c2cc3c(cc21)C(C#N)=C(c1ccc(C#N)c(C(F)(F)F)c1)C3=C(C#N)C#N. The van der Waals surface area contributed by atoms with E-state index >= 15 is 0 Å². The third-order valence-corrected chi connectivity index (χ3v) is 7.64. The minimum atomic E-state index is -5.00. The Labute approximate surface area is 267 Å². The highest BCUT2D eigenvalue weighted by Gasteiger charge is 2.39. The fourth-order valence-electron chi connectivity index (χ4n) is 5.68. The van der Waals surface area contributed by atoms with Gasteiger partial charge in [0.05, 0.1) is 33.9 Å². The Morgan fingerprint density at radius 3 is 1.29 bits per heavy atom. The molecule has 0 spiro atoms. The van der Waals surface area contributed by atoms with Crippen molar-refractivity contribution in [3.63, 3.8) is 0 Å². The van der Waals surface area contributed by atoms with Gasteiger partial charge in [-0.05, 0) is 58.7 Å². The number of fused-ring (bicyclic) bond motifs is 2. The smallest absolute Gasteiger partial charge is 0.192 e. The van der Waals surface area contributed by atoms with Crippen LogP contribution in [0.5, 0.6) is 0 Å². The highest BCUT2D eigenvalue weighted by molar-refractivity contribution is 6.29. The molecule has 5 rings (SSSR count). The summed E-state index contributed by atoms with van der Waals surface area (Å²) in [5.74, 6) is 0. The predicted octanol–water partition coefficient (Wildman–Crippen LogP) is 8.09. The molecule has 0 aromatic heterocycles. The number of rotatable bonds is 2. The third kappa shape index (κ3) is 4.90. The van der Waals surface area contributed by atoms with Crippen molar-refractivity contribution in [2.45, 2.75) is 12.4 Å². The van der Waals surface area contributed by atoms with Crippen LogP contribution in [-0.2, 0) is 12.4 Å². The lowest BCUT2D eigenvalue weighted by atomic mass is 9.89. The van der Waals surface area contributed by atoms with Crippen molar-refractivity contribution in [2.75, 3.05) is 0 Å². The fourth-order valence-corrected chi connectivity index (χ4v) is 5.68. The number of benzene rings is 3. The van der Waals surface area contributed by atoms with Crippen molar-refractivity contribution in [1.82, 2.24) is 0 Å². The van der Waals surface area contributed by atoms with Gasteiger partial charge in [0.15, 0.2) is 0 Å². The molecule has 2 aliphatic carbocycles. The van der Waals surface area contributed by atoms with Gasteiger partial charge in [-0.15, -0.1) is 0 Å². The lowest BCUT2D eigenvalue weighted by Crippen LogP contribution is -2.08. The van der Waals surface area contributed by atoms with Crippen LogP contribution in [0, 0.1) is 79.3 Å². The molecule has 3 aromatic rings. The number of alkyl halides is 6. The highest BCUT2D eigenvalue weighted by Crippen LogP contribution is 2.54. The second kappa shape index (κ2) is 11.5. The second-order valence-corrected chi connectivity index (χ2v) is 10.1. The predicted molar refractivity (Wildman–Crippen MR) is 155 cm³/mol. The van der Waals surface area contributed by atoms with Gasteiger partial charge >= 0.3 is 12.4 Å². The van der Waals surface area contributed by atoms with Crippen molar-refractivity contribution < 1.29 is 26.3 Å². The maximum absolute atomic E-state index is 13.9. The molecule has 0 amide bonds. The van der Waals surface area contributed by atoms with Crippen LogP contribution in [0.15, 0.2) is 65.7 Å². The van der Waals surface area contributed by atoms with Crippen molar-refractivity contribution in [2.24, 2.45) is 0 Å². The standard InChI is InChI=1S/C35H9F6N7/c36-34(37,38)22-5-3-17(4-6-22)30-27(15-47)23-8-26-24(9-25(23)32(30)20(11-43)12-44)28(16-48)31(33(26)21(13-45)14-46)18-1-2-19(10-42)29(7-18)35(39,40)41/h1-9H. The summed E-state index contributed by atoms with van der Waals surface area (Å²) in [7, 11) is 0. The fraction of sp³-hybridized carbons (Fsp3) is 0.0571. The zero-order valence-corrected chi connectivity index (χ0v) is 23.6. The Kier molecular flexibility index (Phi) is 7.69. The molecular weight excluding hydrogens is 632 g/mol. The maximum atomic E-state index is 13.9.